The van der Waals surface area contributed by atoms with Gasteiger partial charge in [-0.1, -0.05) is 23.7 Å². The number of carbonyl (C=O) groups excluding carboxylic acids is 2. The van der Waals surface area contributed by atoms with Gasteiger partial charge in [-0.15, -0.1) is 0 Å². The van der Waals surface area contributed by atoms with Gasteiger partial charge in [-0.2, -0.15) is 45.3 Å². The molecule has 0 saturated heterocycles. The number of sulfonamides is 1. The zero-order valence-corrected chi connectivity index (χ0v) is 39.4. The van der Waals surface area contributed by atoms with Gasteiger partial charge in [-0.25, -0.2) is 29.9 Å². The van der Waals surface area contributed by atoms with E-state index in [0.717, 1.165) is 30.5 Å². The van der Waals surface area contributed by atoms with Crippen molar-refractivity contribution in [2.24, 2.45) is 11.7 Å². The number of anilines is 1. The van der Waals surface area contributed by atoms with Crippen LogP contribution in [0, 0.1) is 17.6 Å². The van der Waals surface area contributed by atoms with Crippen molar-refractivity contribution in [1.82, 2.24) is 29.9 Å². The number of aromatic nitrogens is 5. The summed E-state index contributed by atoms with van der Waals surface area (Å²) in [5.41, 5.74) is 0.281. The normalized spacial score (nSPS) is 17.3. The Kier molecular flexibility index (Phi) is 13.6. The zero-order chi connectivity index (χ0) is 51.8. The highest BCUT2D eigenvalue weighted by Crippen LogP contribution is 2.68. The van der Waals surface area contributed by atoms with Crippen LogP contribution >= 0.6 is 11.6 Å². The lowest BCUT2D eigenvalue weighted by Crippen LogP contribution is -2.35. The molecule has 380 valence electrons. The molecule has 1 unspecified atom stereocenters. The van der Waals surface area contributed by atoms with E-state index in [1.807, 2.05) is 0 Å². The summed E-state index contributed by atoms with van der Waals surface area (Å²) in [6.07, 6.45) is -9.83. The van der Waals surface area contributed by atoms with Crippen molar-refractivity contribution in [3.8, 4) is 11.1 Å². The number of hydrogen-bond acceptors (Lipinski definition) is 11. The minimum absolute atomic E-state index is 0.0680. The molecule has 3 heterocycles. The molecule has 0 aliphatic heterocycles. The maximum atomic E-state index is 15.6. The Morgan fingerprint density at radius 3 is 2.20 bits per heavy atom. The molecule has 7 rings (SSSR count). The average Bonchev–Trinajstić information content (AvgIpc) is 3.73. The van der Waals surface area contributed by atoms with E-state index in [0.29, 0.717) is 21.3 Å². The summed E-state index contributed by atoms with van der Waals surface area (Å²) in [6.45, 7) is -2.22. The Balaban J connectivity index is 1.45. The fourth-order valence-corrected chi connectivity index (χ4v) is 9.75. The number of hydrogen-bond donors (Lipinski definition) is 2. The third-order valence-electron chi connectivity index (χ3n) is 12.1. The molecule has 70 heavy (non-hydrogen) atoms. The van der Waals surface area contributed by atoms with Gasteiger partial charge in [-0.05, 0) is 75.3 Å². The Labute approximate surface area is 397 Å². The third kappa shape index (κ3) is 10.6. The number of halogens is 11. The number of nitrogens with two attached hydrogens (primary N) is 1. The molecule has 2 aromatic carbocycles. The van der Waals surface area contributed by atoms with E-state index in [9.17, 15) is 61.5 Å². The van der Waals surface area contributed by atoms with Gasteiger partial charge in [-0.3, -0.25) is 23.9 Å². The van der Waals surface area contributed by atoms with Gasteiger partial charge < -0.3 is 15.8 Å². The number of alkyl halides is 8. The Morgan fingerprint density at radius 2 is 1.61 bits per heavy atom. The van der Waals surface area contributed by atoms with Crippen LogP contribution in [0.3, 0.4) is 0 Å². The van der Waals surface area contributed by atoms with Crippen molar-refractivity contribution in [2.75, 3.05) is 30.1 Å². The lowest BCUT2D eigenvalue weighted by Gasteiger charge is -2.25. The molecule has 28 heteroatoms. The lowest BCUT2D eigenvalue weighted by molar-refractivity contribution is -0.143. The van der Waals surface area contributed by atoms with Gasteiger partial charge in [0.05, 0.1) is 45.2 Å². The van der Waals surface area contributed by atoms with Crippen LogP contribution in [0.1, 0.15) is 72.6 Å². The highest BCUT2D eigenvalue weighted by molar-refractivity contribution is 7.92. The summed E-state index contributed by atoms with van der Waals surface area (Å²) in [5, 5.41) is 8.97. The number of esters is 1. The predicted molar refractivity (Wildman–Crippen MR) is 232 cm³/mol. The van der Waals surface area contributed by atoms with Gasteiger partial charge in [0.25, 0.3) is 5.92 Å². The quantitative estimate of drug-likeness (QED) is 0.0547. The van der Waals surface area contributed by atoms with E-state index in [4.69, 9.17) is 27.1 Å². The van der Waals surface area contributed by atoms with Crippen LogP contribution in [-0.4, -0.2) is 90.0 Å². The first kappa shape index (κ1) is 52.3. The van der Waals surface area contributed by atoms with Gasteiger partial charge in [0.1, 0.15) is 30.4 Å². The number of sulfone groups is 1. The summed E-state index contributed by atoms with van der Waals surface area (Å²) in [4.78, 5) is 30.9. The van der Waals surface area contributed by atoms with E-state index in [-0.39, 0.29) is 52.0 Å². The smallest absolute Gasteiger partial charge is 0.435 e. The Morgan fingerprint density at radius 1 is 0.971 bits per heavy atom. The Hall–Kier alpha value is -5.54. The molecule has 1 saturated carbocycles. The highest BCUT2D eigenvalue weighted by Gasteiger charge is 2.68. The van der Waals surface area contributed by atoms with Crippen LogP contribution in [-0.2, 0) is 72.2 Å². The van der Waals surface area contributed by atoms with Crippen LogP contribution < -0.4 is 15.4 Å². The van der Waals surface area contributed by atoms with Crippen LogP contribution in [0.5, 0.6) is 0 Å². The molecule has 2 aliphatic rings. The summed E-state index contributed by atoms with van der Waals surface area (Å²) in [7, 11) is -8.30. The van der Waals surface area contributed by atoms with Crippen molar-refractivity contribution >= 4 is 60.1 Å². The fraction of sp³-hybridized carbons (Fsp3) is 0.452. The average molecular weight is 1060 g/mol. The minimum atomic E-state index is -5.20. The first-order chi connectivity index (χ1) is 32.2. The van der Waals surface area contributed by atoms with Crippen LogP contribution in [0.25, 0.3) is 22.0 Å². The van der Waals surface area contributed by atoms with E-state index in [1.54, 1.807) is 0 Å². The summed E-state index contributed by atoms with van der Waals surface area (Å²) in [6, 6.07) is 5.36. The second kappa shape index (κ2) is 18.3. The monoisotopic (exact) mass is 1060 g/mol. The molecule has 1 fully saturated rings. The van der Waals surface area contributed by atoms with E-state index >= 15 is 8.78 Å². The van der Waals surface area contributed by atoms with E-state index in [2.05, 4.69) is 15.5 Å². The topological polar surface area (TPSA) is 201 Å². The molecule has 0 bridgehead atoms. The van der Waals surface area contributed by atoms with Gasteiger partial charge >= 0.3 is 18.3 Å². The second-order valence-corrected chi connectivity index (χ2v) is 22.5. The maximum Gasteiger partial charge on any atom is 0.435 e. The van der Waals surface area contributed by atoms with Crippen LogP contribution in [0.4, 0.5) is 49.7 Å². The van der Waals surface area contributed by atoms with Crippen molar-refractivity contribution in [3.63, 3.8) is 0 Å². The molecule has 3 atom stereocenters. The number of pyridine rings is 1. The van der Waals surface area contributed by atoms with Crippen LogP contribution in [0.15, 0.2) is 42.5 Å². The molecular formula is C42H41ClF10N8O7S2. The number of nitrogens with one attached hydrogen (secondary N) is 1. The van der Waals surface area contributed by atoms with Crippen molar-refractivity contribution in [2.45, 2.75) is 87.6 Å². The summed E-state index contributed by atoms with van der Waals surface area (Å²) >= 11 is 6.61. The predicted octanol–water partition coefficient (Wildman–Crippen LogP) is 7.10. The molecule has 1 amide bonds. The second-order valence-electron chi connectivity index (χ2n) is 17.6. The first-order valence-electron chi connectivity index (χ1n) is 20.8. The molecular weight excluding hydrogens is 1020 g/mol. The number of ether oxygens (including phenoxy) is 1. The minimum Gasteiger partial charge on any atom is -0.442 e. The van der Waals surface area contributed by atoms with Gasteiger partial charge in [0.2, 0.25) is 15.9 Å². The molecule has 0 radical (unpaired) electrons. The van der Waals surface area contributed by atoms with Gasteiger partial charge in [0, 0.05) is 40.6 Å². The summed E-state index contributed by atoms with van der Waals surface area (Å²) in [5.74, 6) is -11.9. The third-order valence-corrected chi connectivity index (χ3v) is 15.7. The van der Waals surface area contributed by atoms with Crippen molar-refractivity contribution in [3.05, 3.63) is 93.0 Å². The lowest BCUT2D eigenvalue weighted by atomic mass is 9.93. The molecule has 3 N–H and O–H groups in total. The zero-order valence-electron chi connectivity index (χ0n) is 37.0. The van der Waals surface area contributed by atoms with E-state index in [1.165, 1.54) is 26.0 Å². The molecule has 2 aliphatic carbocycles. The molecule has 3 aromatic heterocycles. The van der Waals surface area contributed by atoms with Crippen molar-refractivity contribution < 1.29 is 75.1 Å². The maximum absolute atomic E-state index is 15.6. The number of carbonyl (C=O) groups is 2. The molecule has 15 nitrogen and oxygen atoms in total. The van der Waals surface area contributed by atoms with Crippen molar-refractivity contribution in [1.29, 1.82) is 0 Å². The highest BCUT2D eigenvalue weighted by atomic mass is 35.5. The number of nitrogens with zero attached hydrogens (tertiary/aromatic N) is 6. The largest absolute Gasteiger partial charge is 0.442 e. The van der Waals surface area contributed by atoms with Crippen LogP contribution in [0.2, 0.25) is 5.02 Å². The SMILES string of the molecule is CC(C)(CCc1ccc(-c2ccc(Cl)c3c(N(COC(=O)CN)S(C)(=O)=O)nn(CC(F)(F)F)c23)c([C@H](Cc2cc(F)cc(F)c2)NC(=O)Cn2nc(C(F)(F)F)c3c2C(F)(F)C2C[C@H]32)n1)S(C)(=O)=O. The molecule has 0 spiro atoms. The number of benzene rings is 2. The molecule has 5 aromatic rings. The number of aryl methyl sites for hydroxylation is 1. The first-order valence-corrected chi connectivity index (χ1v) is 24.9. The standard InChI is InChI=1S/C42H41ClF10N8O7S2/c1-39(2,69(3,64)65)10-9-23-5-6-24(25-7-8-28(43)33-35(25)60(18-40(46,47)48)58-38(33)61(70(4,66)67)19-68-31(63)16-54)34(55-23)29(13-20-11-21(44)14-22(45)12-20)56-30(62)17-59-37-32(36(57-59)42(51,52)53)26-15-27(26)41(37,49)50/h5-8,11-12,14,26-27,29H,9-10,13,15-19,54H2,1-4H3,(H,56,62)/t26-,27?,29-/m0/s1. The number of amides is 1. The fourth-order valence-electron chi connectivity index (χ4n) is 8.35. The summed E-state index contributed by atoms with van der Waals surface area (Å²) < 4.78 is 203. The van der Waals surface area contributed by atoms with E-state index < -0.39 is 156 Å². The van der Waals surface area contributed by atoms with Gasteiger partial charge in [0.15, 0.2) is 28.1 Å². The number of fused-ring (bicyclic) bond motifs is 4. The Bertz CT molecular complexity index is 3120. The number of rotatable bonds is 17.